The molecule has 124 valence electrons. The molecule has 6 unspecified atom stereocenters. The Morgan fingerprint density at radius 1 is 0.864 bits per heavy atom. The van der Waals surface area contributed by atoms with Gasteiger partial charge in [0.05, 0.1) is 6.10 Å². The number of nitrogens with two attached hydrogens (primary N) is 2. The van der Waals surface area contributed by atoms with E-state index >= 15 is 0 Å². The van der Waals surface area contributed by atoms with E-state index in [-0.39, 0.29) is 6.10 Å². The number of nitrogens with one attached hydrogen (secondary N) is 2. The second-order valence-corrected chi connectivity index (χ2v) is 8.92. The van der Waals surface area contributed by atoms with Gasteiger partial charge in [-0.3, -0.25) is 0 Å². The van der Waals surface area contributed by atoms with Gasteiger partial charge < -0.3 is 27.2 Å². The standard InChI is InChI=1S/C17H30N4O/c1-6-2-7(4-20-15-9-10(15)13(9)18)17(22)8(3-6)5-21-16-11-12(16)14(11)19/h6-17,20-22H,2-5,18-19H2,1H3. The lowest BCUT2D eigenvalue weighted by atomic mass is 9.73. The second kappa shape index (κ2) is 4.67. The van der Waals surface area contributed by atoms with Crippen molar-refractivity contribution in [2.24, 2.45) is 52.9 Å². The van der Waals surface area contributed by atoms with Crippen LogP contribution in [-0.4, -0.2) is 48.5 Å². The molecular formula is C17H30N4O. The van der Waals surface area contributed by atoms with Gasteiger partial charge in [-0.15, -0.1) is 0 Å². The summed E-state index contributed by atoms with van der Waals surface area (Å²) in [7, 11) is 0. The molecule has 7 N–H and O–H groups in total. The summed E-state index contributed by atoms with van der Waals surface area (Å²) < 4.78 is 0. The van der Waals surface area contributed by atoms with E-state index in [0.29, 0.717) is 41.9 Å². The smallest absolute Gasteiger partial charge is 0.0620 e. The number of aliphatic hydroxyl groups excluding tert-OH is 1. The molecule has 5 nitrogen and oxygen atoms in total. The molecule has 6 atom stereocenters. The first kappa shape index (κ1) is 14.2. The summed E-state index contributed by atoms with van der Waals surface area (Å²) in [6.45, 7) is 4.26. The summed E-state index contributed by atoms with van der Waals surface area (Å²) in [5.41, 5.74) is 11.8. The highest BCUT2D eigenvalue weighted by Gasteiger charge is 2.72. The number of aliphatic hydroxyl groups is 1. The summed E-state index contributed by atoms with van der Waals surface area (Å²) >= 11 is 0. The Morgan fingerprint density at radius 2 is 1.27 bits per heavy atom. The minimum absolute atomic E-state index is 0.163. The number of fused-ring (bicyclic) bond motifs is 2. The van der Waals surface area contributed by atoms with Crippen LogP contribution in [0.3, 0.4) is 0 Å². The zero-order valence-electron chi connectivity index (χ0n) is 13.4. The van der Waals surface area contributed by atoms with Gasteiger partial charge in [-0.1, -0.05) is 6.92 Å². The highest BCUT2D eigenvalue weighted by Crippen LogP contribution is 2.61. The molecule has 5 aliphatic carbocycles. The van der Waals surface area contributed by atoms with Gasteiger partial charge in [0.25, 0.3) is 0 Å². The molecule has 0 bridgehead atoms. The topological polar surface area (TPSA) is 96.3 Å². The zero-order chi connectivity index (χ0) is 15.2. The Bertz CT molecular complexity index is 414. The van der Waals surface area contributed by atoms with Gasteiger partial charge in [0, 0.05) is 37.3 Å². The molecule has 5 rings (SSSR count). The van der Waals surface area contributed by atoms with Crippen molar-refractivity contribution in [3.8, 4) is 0 Å². The summed E-state index contributed by atoms with van der Waals surface area (Å²) in [4.78, 5) is 0. The molecule has 5 heteroatoms. The first-order chi connectivity index (χ1) is 10.6. The van der Waals surface area contributed by atoms with E-state index in [4.69, 9.17) is 11.5 Å². The number of hydrogen-bond acceptors (Lipinski definition) is 5. The molecule has 5 aliphatic rings. The van der Waals surface area contributed by atoms with Gasteiger partial charge in [-0.25, -0.2) is 0 Å². The van der Waals surface area contributed by atoms with Crippen LogP contribution in [0, 0.1) is 41.4 Å². The van der Waals surface area contributed by atoms with E-state index in [2.05, 4.69) is 17.6 Å². The third kappa shape index (κ3) is 2.09. The van der Waals surface area contributed by atoms with Crippen molar-refractivity contribution in [3.63, 3.8) is 0 Å². The maximum absolute atomic E-state index is 10.7. The van der Waals surface area contributed by atoms with Gasteiger partial charge in [0.15, 0.2) is 0 Å². The van der Waals surface area contributed by atoms with E-state index in [1.807, 2.05) is 0 Å². The van der Waals surface area contributed by atoms with Gasteiger partial charge in [-0.2, -0.15) is 0 Å². The molecule has 0 aromatic carbocycles. The number of hydrogen-bond donors (Lipinski definition) is 5. The van der Waals surface area contributed by atoms with E-state index in [9.17, 15) is 5.11 Å². The van der Waals surface area contributed by atoms with Crippen LogP contribution >= 0.6 is 0 Å². The fraction of sp³-hybridized carbons (Fsp3) is 1.00. The maximum Gasteiger partial charge on any atom is 0.0620 e. The number of rotatable bonds is 6. The Morgan fingerprint density at radius 3 is 1.64 bits per heavy atom. The Kier molecular flexibility index (Phi) is 3.01. The molecule has 0 spiro atoms. The molecular weight excluding hydrogens is 276 g/mol. The molecule has 5 fully saturated rings. The predicted molar refractivity (Wildman–Crippen MR) is 84.9 cm³/mol. The monoisotopic (exact) mass is 306 g/mol. The fourth-order valence-electron chi connectivity index (χ4n) is 5.48. The lowest BCUT2D eigenvalue weighted by Crippen LogP contribution is -2.47. The average molecular weight is 306 g/mol. The van der Waals surface area contributed by atoms with Crippen molar-refractivity contribution >= 4 is 0 Å². The Labute approximate surface area is 132 Å². The third-order valence-corrected chi connectivity index (χ3v) is 7.37. The molecule has 22 heavy (non-hydrogen) atoms. The first-order valence-corrected chi connectivity index (χ1v) is 9.24. The van der Waals surface area contributed by atoms with E-state index in [0.717, 1.165) is 49.6 Å². The largest absolute Gasteiger partial charge is 0.392 e. The van der Waals surface area contributed by atoms with E-state index < -0.39 is 0 Å². The lowest BCUT2D eigenvalue weighted by Gasteiger charge is -2.39. The van der Waals surface area contributed by atoms with Crippen LogP contribution in [0.4, 0.5) is 0 Å². The summed E-state index contributed by atoms with van der Waals surface area (Å²) in [6.07, 6.45) is 2.14. The van der Waals surface area contributed by atoms with E-state index in [1.54, 1.807) is 0 Å². The van der Waals surface area contributed by atoms with Crippen LogP contribution in [-0.2, 0) is 0 Å². The van der Waals surface area contributed by atoms with E-state index in [1.165, 1.54) is 0 Å². The Hall–Kier alpha value is -0.200. The van der Waals surface area contributed by atoms with Crippen LogP contribution in [0.15, 0.2) is 0 Å². The minimum Gasteiger partial charge on any atom is -0.392 e. The van der Waals surface area contributed by atoms with Crippen molar-refractivity contribution in [2.75, 3.05) is 13.1 Å². The molecule has 0 aliphatic heterocycles. The molecule has 0 aromatic heterocycles. The second-order valence-electron chi connectivity index (χ2n) is 8.92. The normalized spacial score (nSPS) is 63.8. The maximum atomic E-state index is 10.7. The molecule has 0 amide bonds. The quantitative estimate of drug-likeness (QED) is 0.438. The predicted octanol–water partition coefficient (Wildman–Crippen LogP) is -0.900. The average Bonchev–Trinajstić information content (AvgIpc) is 3.34. The van der Waals surface area contributed by atoms with Crippen LogP contribution in [0.5, 0.6) is 0 Å². The Balaban J connectivity index is 1.10. The van der Waals surface area contributed by atoms with Gasteiger partial charge in [-0.05, 0) is 54.3 Å². The van der Waals surface area contributed by atoms with Crippen molar-refractivity contribution in [3.05, 3.63) is 0 Å². The summed E-state index contributed by atoms with van der Waals surface area (Å²) in [6, 6.07) is 2.27. The highest BCUT2D eigenvalue weighted by atomic mass is 16.3. The minimum atomic E-state index is -0.163. The van der Waals surface area contributed by atoms with Gasteiger partial charge in [0.1, 0.15) is 0 Å². The van der Waals surface area contributed by atoms with Crippen molar-refractivity contribution in [1.29, 1.82) is 0 Å². The zero-order valence-corrected chi connectivity index (χ0v) is 13.4. The van der Waals surface area contributed by atoms with Crippen molar-refractivity contribution in [1.82, 2.24) is 10.6 Å². The SMILES string of the molecule is CC1CC(CNC2C3C(N)C23)C(O)C(CNC2C3C(N)C23)C1. The molecule has 0 aromatic rings. The molecule has 0 radical (unpaired) electrons. The molecule has 5 saturated carbocycles. The van der Waals surface area contributed by atoms with Crippen LogP contribution in [0.25, 0.3) is 0 Å². The lowest BCUT2D eigenvalue weighted by molar-refractivity contribution is -0.000917. The highest BCUT2D eigenvalue weighted by molar-refractivity contribution is 5.28. The van der Waals surface area contributed by atoms with Crippen LogP contribution < -0.4 is 22.1 Å². The van der Waals surface area contributed by atoms with Crippen molar-refractivity contribution in [2.45, 2.75) is 50.0 Å². The summed E-state index contributed by atoms with van der Waals surface area (Å²) in [5, 5.41) is 18.0. The molecule has 0 heterocycles. The summed E-state index contributed by atoms with van der Waals surface area (Å²) in [5.74, 6) is 4.53. The first-order valence-electron chi connectivity index (χ1n) is 9.24. The van der Waals surface area contributed by atoms with Gasteiger partial charge >= 0.3 is 0 Å². The molecule has 0 saturated heterocycles. The van der Waals surface area contributed by atoms with Crippen molar-refractivity contribution < 1.29 is 5.11 Å². The van der Waals surface area contributed by atoms with Gasteiger partial charge in [0.2, 0.25) is 0 Å². The van der Waals surface area contributed by atoms with Crippen LogP contribution in [0.1, 0.15) is 19.8 Å². The van der Waals surface area contributed by atoms with Crippen LogP contribution in [0.2, 0.25) is 0 Å². The third-order valence-electron chi connectivity index (χ3n) is 7.37. The fourth-order valence-corrected chi connectivity index (χ4v) is 5.48.